The van der Waals surface area contributed by atoms with E-state index in [4.69, 9.17) is 15.6 Å². The molecule has 3 N–H and O–H groups in total. The molecule has 1 saturated carbocycles. The molecule has 1 aliphatic heterocycles. The summed E-state index contributed by atoms with van der Waals surface area (Å²) in [4.78, 5) is 24.2. The van der Waals surface area contributed by atoms with E-state index < -0.39 is 5.97 Å². The smallest absolute Gasteiger partial charge is 0.305 e. The monoisotopic (exact) mass is 290 g/mol. The zero-order valence-electron chi connectivity index (χ0n) is 11.6. The first kappa shape index (κ1) is 13.9. The lowest BCUT2D eigenvalue weighted by Crippen LogP contribution is -2.40. The van der Waals surface area contributed by atoms with Crippen molar-refractivity contribution in [3.63, 3.8) is 0 Å². The van der Waals surface area contributed by atoms with Gasteiger partial charge in [0.15, 0.2) is 6.61 Å². The van der Waals surface area contributed by atoms with Gasteiger partial charge in [-0.2, -0.15) is 0 Å². The van der Waals surface area contributed by atoms with Crippen molar-refractivity contribution in [2.45, 2.75) is 25.3 Å². The topological polar surface area (TPSA) is 92.9 Å². The highest BCUT2D eigenvalue weighted by atomic mass is 16.5. The first-order valence-electron chi connectivity index (χ1n) is 7.11. The molecule has 2 aliphatic rings. The summed E-state index contributed by atoms with van der Waals surface area (Å²) in [6.07, 6.45) is 2.18. The lowest BCUT2D eigenvalue weighted by molar-refractivity contribution is -0.136. The fraction of sp³-hybridized carbons (Fsp3) is 0.467. The van der Waals surface area contributed by atoms with Gasteiger partial charge in [0.25, 0.3) is 5.91 Å². The summed E-state index contributed by atoms with van der Waals surface area (Å²) in [7, 11) is 0. The van der Waals surface area contributed by atoms with Crippen molar-refractivity contribution in [1.82, 2.24) is 0 Å². The number of fused-ring (bicyclic) bond motifs is 1. The second-order valence-corrected chi connectivity index (χ2v) is 5.57. The number of hydrogen-bond acceptors (Lipinski definition) is 4. The van der Waals surface area contributed by atoms with E-state index in [1.807, 2.05) is 18.2 Å². The van der Waals surface area contributed by atoms with E-state index in [9.17, 15) is 9.59 Å². The van der Waals surface area contributed by atoms with Crippen molar-refractivity contribution < 1.29 is 19.4 Å². The fourth-order valence-corrected chi connectivity index (χ4v) is 2.61. The number of aliphatic carboxylic acids is 1. The Labute approximate surface area is 122 Å². The number of carbonyl (C=O) groups is 2. The molecule has 21 heavy (non-hydrogen) atoms. The molecule has 0 saturated heterocycles. The van der Waals surface area contributed by atoms with E-state index in [0.717, 1.165) is 18.4 Å². The van der Waals surface area contributed by atoms with Gasteiger partial charge in [0.1, 0.15) is 5.75 Å². The average molecular weight is 290 g/mol. The van der Waals surface area contributed by atoms with Crippen molar-refractivity contribution in [1.29, 1.82) is 0 Å². The standard InChI is InChI=1S/C15H18N2O4/c16-15(9-1-2-9)10-3-4-12-11(7-10)17(6-5-14(19)20)13(18)8-21-12/h3-4,7,9,15H,1-2,5-6,8,16H2,(H,19,20). The van der Waals surface area contributed by atoms with Crippen LogP contribution in [0.1, 0.15) is 30.9 Å². The van der Waals surface area contributed by atoms with Crippen LogP contribution in [0.2, 0.25) is 0 Å². The molecule has 6 heteroatoms. The maximum atomic E-state index is 12.0. The Balaban J connectivity index is 1.88. The Morgan fingerprint density at radius 2 is 2.24 bits per heavy atom. The van der Waals surface area contributed by atoms with Gasteiger partial charge in [-0.15, -0.1) is 0 Å². The van der Waals surface area contributed by atoms with Gasteiger partial charge in [0.05, 0.1) is 12.1 Å². The lowest BCUT2D eigenvalue weighted by atomic mass is 10.0. The Morgan fingerprint density at radius 1 is 1.48 bits per heavy atom. The molecule has 1 aromatic carbocycles. The number of rotatable bonds is 5. The predicted octanol–water partition coefficient (Wildman–Crippen LogP) is 1.30. The van der Waals surface area contributed by atoms with E-state index in [1.54, 1.807) is 0 Å². The van der Waals surface area contributed by atoms with Crippen LogP contribution in [0.15, 0.2) is 18.2 Å². The molecule has 1 fully saturated rings. The third-order valence-electron chi connectivity index (χ3n) is 3.99. The fourth-order valence-electron chi connectivity index (χ4n) is 2.61. The highest BCUT2D eigenvalue weighted by molar-refractivity contribution is 5.98. The molecule has 1 aromatic rings. The molecule has 112 valence electrons. The van der Waals surface area contributed by atoms with Gasteiger partial charge in [-0.05, 0) is 36.5 Å². The molecule has 1 atom stereocenters. The van der Waals surface area contributed by atoms with Crippen LogP contribution in [-0.4, -0.2) is 30.1 Å². The molecule has 1 aliphatic carbocycles. The van der Waals surface area contributed by atoms with Crippen LogP contribution in [0.4, 0.5) is 5.69 Å². The number of carboxylic acids is 1. The van der Waals surface area contributed by atoms with Crippen LogP contribution in [0, 0.1) is 5.92 Å². The van der Waals surface area contributed by atoms with Crippen molar-refractivity contribution in [2.24, 2.45) is 11.7 Å². The van der Waals surface area contributed by atoms with E-state index in [0.29, 0.717) is 17.4 Å². The molecular formula is C15H18N2O4. The number of amides is 1. The number of carbonyl (C=O) groups excluding carboxylic acids is 1. The lowest BCUT2D eigenvalue weighted by Gasteiger charge is -2.30. The molecule has 6 nitrogen and oxygen atoms in total. The van der Waals surface area contributed by atoms with Gasteiger partial charge in [-0.25, -0.2) is 0 Å². The summed E-state index contributed by atoms with van der Waals surface area (Å²) in [5.41, 5.74) is 7.79. The zero-order valence-corrected chi connectivity index (χ0v) is 11.6. The molecule has 0 aromatic heterocycles. The zero-order chi connectivity index (χ0) is 15.0. The number of anilines is 1. The number of nitrogens with two attached hydrogens (primary N) is 1. The highest BCUT2D eigenvalue weighted by Gasteiger charge is 2.32. The van der Waals surface area contributed by atoms with Gasteiger partial charge >= 0.3 is 5.97 Å². The average Bonchev–Trinajstić information content (AvgIpc) is 3.29. The van der Waals surface area contributed by atoms with Crippen molar-refractivity contribution in [3.8, 4) is 5.75 Å². The maximum absolute atomic E-state index is 12.0. The molecule has 1 unspecified atom stereocenters. The van der Waals surface area contributed by atoms with Crippen LogP contribution < -0.4 is 15.4 Å². The first-order valence-corrected chi connectivity index (χ1v) is 7.11. The Morgan fingerprint density at radius 3 is 2.90 bits per heavy atom. The third-order valence-corrected chi connectivity index (χ3v) is 3.99. The van der Waals surface area contributed by atoms with Crippen LogP contribution in [0.3, 0.4) is 0 Å². The summed E-state index contributed by atoms with van der Waals surface area (Å²) in [5.74, 6) is -0.0370. The van der Waals surface area contributed by atoms with Gasteiger partial charge in [0.2, 0.25) is 0 Å². The van der Waals surface area contributed by atoms with Crippen molar-refractivity contribution >= 4 is 17.6 Å². The van der Waals surface area contributed by atoms with Gasteiger partial charge in [-0.1, -0.05) is 6.07 Å². The predicted molar refractivity (Wildman–Crippen MR) is 76.2 cm³/mol. The summed E-state index contributed by atoms with van der Waals surface area (Å²) < 4.78 is 5.40. The van der Waals surface area contributed by atoms with Crippen LogP contribution >= 0.6 is 0 Å². The first-order chi connectivity index (χ1) is 10.1. The molecule has 0 radical (unpaired) electrons. The van der Waals surface area contributed by atoms with Crippen molar-refractivity contribution in [2.75, 3.05) is 18.1 Å². The number of nitrogens with zero attached hydrogens (tertiary/aromatic N) is 1. The summed E-state index contributed by atoms with van der Waals surface area (Å²) in [6, 6.07) is 5.56. The molecule has 1 heterocycles. The molecule has 1 amide bonds. The third kappa shape index (κ3) is 2.85. The summed E-state index contributed by atoms with van der Waals surface area (Å²) in [5, 5.41) is 8.81. The Kier molecular flexibility index (Phi) is 3.55. The van der Waals surface area contributed by atoms with E-state index in [-0.39, 0.29) is 31.5 Å². The minimum Gasteiger partial charge on any atom is -0.482 e. The molecule has 0 bridgehead atoms. The summed E-state index contributed by atoms with van der Waals surface area (Å²) >= 11 is 0. The molecule has 0 spiro atoms. The largest absolute Gasteiger partial charge is 0.482 e. The van der Waals surface area contributed by atoms with Gasteiger partial charge in [-0.3, -0.25) is 9.59 Å². The summed E-state index contributed by atoms with van der Waals surface area (Å²) in [6.45, 7) is 0.0906. The minimum atomic E-state index is -0.929. The van der Waals surface area contributed by atoms with Gasteiger partial charge in [0, 0.05) is 12.6 Å². The minimum absolute atomic E-state index is 0.0337. The SMILES string of the molecule is NC(c1ccc2c(c1)N(CCC(=O)O)C(=O)CO2)C1CC1. The van der Waals surface area contributed by atoms with Crippen LogP contribution in [-0.2, 0) is 9.59 Å². The molecule has 3 rings (SSSR count). The Hall–Kier alpha value is -2.08. The van der Waals surface area contributed by atoms with Crippen LogP contribution in [0.5, 0.6) is 5.75 Å². The molecular weight excluding hydrogens is 272 g/mol. The number of carboxylic acid groups (broad SMARTS) is 1. The number of benzene rings is 1. The van der Waals surface area contributed by atoms with E-state index >= 15 is 0 Å². The van der Waals surface area contributed by atoms with E-state index in [2.05, 4.69) is 0 Å². The van der Waals surface area contributed by atoms with Crippen molar-refractivity contribution in [3.05, 3.63) is 23.8 Å². The Bertz CT molecular complexity index is 583. The second-order valence-electron chi connectivity index (χ2n) is 5.57. The van der Waals surface area contributed by atoms with Crippen LogP contribution in [0.25, 0.3) is 0 Å². The van der Waals surface area contributed by atoms with E-state index in [1.165, 1.54) is 4.90 Å². The second kappa shape index (κ2) is 5.37. The maximum Gasteiger partial charge on any atom is 0.305 e. The number of ether oxygens (including phenoxy) is 1. The number of hydrogen-bond donors (Lipinski definition) is 2. The normalized spacial score (nSPS) is 18.9. The quantitative estimate of drug-likeness (QED) is 0.852. The highest BCUT2D eigenvalue weighted by Crippen LogP contribution is 2.42. The van der Waals surface area contributed by atoms with Gasteiger partial charge < -0.3 is 20.5 Å².